The van der Waals surface area contributed by atoms with Gasteiger partial charge in [0.15, 0.2) is 0 Å². The molecule has 0 radical (unpaired) electrons. The third-order valence-corrected chi connectivity index (χ3v) is 4.08. The molecule has 0 unspecified atom stereocenters. The Kier molecular flexibility index (Phi) is 6.61. The summed E-state index contributed by atoms with van der Waals surface area (Å²) in [5.41, 5.74) is 0.917. The van der Waals surface area contributed by atoms with Gasteiger partial charge in [-0.05, 0) is 30.3 Å². The van der Waals surface area contributed by atoms with Gasteiger partial charge in [-0.3, -0.25) is 9.59 Å². The maximum Gasteiger partial charge on any atom is 0.251 e. The molecule has 1 heterocycles. The summed E-state index contributed by atoms with van der Waals surface area (Å²) >= 11 is 11.7. The van der Waals surface area contributed by atoms with Crippen LogP contribution in [0.15, 0.2) is 36.5 Å². The van der Waals surface area contributed by atoms with Crippen molar-refractivity contribution >= 4 is 40.8 Å². The highest BCUT2D eigenvalue weighted by Gasteiger charge is 2.09. The molecular formula is C17H18Cl2N4O2. The number of aromatic nitrogens is 1. The first-order chi connectivity index (χ1) is 11.9. The van der Waals surface area contributed by atoms with Crippen LogP contribution in [0.1, 0.15) is 20.7 Å². The standard InChI is InChI=1S/C17H18Cl2N4O2/c1-23(2)15-10-12(5-6-20-15)17(25)22-8-7-21-16(24)11-3-4-13(18)14(19)9-11/h3-6,9-10H,7-8H2,1-2H3,(H,21,24)(H,22,25). The summed E-state index contributed by atoms with van der Waals surface area (Å²) < 4.78 is 0. The normalized spacial score (nSPS) is 10.2. The zero-order valence-electron chi connectivity index (χ0n) is 13.8. The van der Waals surface area contributed by atoms with Crippen LogP contribution >= 0.6 is 23.2 Å². The molecule has 1 aromatic heterocycles. The number of amides is 2. The number of rotatable bonds is 6. The summed E-state index contributed by atoms with van der Waals surface area (Å²) in [6.45, 7) is 0.585. The average molecular weight is 381 g/mol. The van der Waals surface area contributed by atoms with Crippen molar-refractivity contribution in [3.8, 4) is 0 Å². The number of halogens is 2. The molecule has 0 atom stereocenters. The van der Waals surface area contributed by atoms with Gasteiger partial charge in [-0.2, -0.15) is 0 Å². The Morgan fingerprint density at radius 2 is 1.56 bits per heavy atom. The predicted molar refractivity (Wildman–Crippen MR) is 99.7 cm³/mol. The topological polar surface area (TPSA) is 74.3 Å². The van der Waals surface area contributed by atoms with Crippen LogP contribution in [0.5, 0.6) is 0 Å². The van der Waals surface area contributed by atoms with Gasteiger partial charge in [-0.15, -0.1) is 0 Å². The molecule has 2 aromatic rings. The van der Waals surface area contributed by atoms with Gasteiger partial charge in [0.1, 0.15) is 5.82 Å². The molecule has 0 spiro atoms. The van der Waals surface area contributed by atoms with E-state index in [1.807, 2.05) is 19.0 Å². The molecule has 0 fully saturated rings. The number of nitrogens with zero attached hydrogens (tertiary/aromatic N) is 2. The van der Waals surface area contributed by atoms with Crippen LogP contribution in [0, 0.1) is 0 Å². The molecule has 2 amide bonds. The van der Waals surface area contributed by atoms with Gasteiger partial charge >= 0.3 is 0 Å². The molecule has 0 aliphatic carbocycles. The van der Waals surface area contributed by atoms with Crippen molar-refractivity contribution in [1.29, 1.82) is 0 Å². The lowest BCUT2D eigenvalue weighted by Crippen LogP contribution is -2.34. The van der Waals surface area contributed by atoms with Gasteiger partial charge in [0.25, 0.3) is 11.8 Å². The minimum atomic E-state index is -0.286. The predicted octanol–water partition coefficient (Wildman–Crippen LogP) is 2.61. The number of anilines is 1. The average Bonchev–Trinajstić information content (AvgIpc) is 2.60. The van der Waals surface area contributed by atoms with Gasteiger partial charge in [0, 0.05) is 44.5 Å². The van der Waals surface area contributed by atoms with E-state index < -0.39 is 0 Å². The summed E-state index contributed by atoms with van der Waals surface area (Å²) in [7, 11) is 3.70. The van der Waals surface area contributed by atoms with E-state index in [-0.39, 0.29) is 18.4 Å². The van der Waals surface area contributed by atoms with E-state index in [4.69, 9.17) is 23.2 Å². The number of nitrogens with one attached hydrogen (secondary N) is 2. The van der Waals surface area contributed by atoms with Crippen LogP contribution in [0.3, 0.4) is 0 Å². The quantitative estimate of drug-likeness (QED) is 0.755. The SMILES string of the molecule is CN(C)c1cc(C(=O)NCCNC(=O)c2ccc(Cl)c(Cl)c2)ccn1. The third kappa shape index (κ3) is 5.34. The van der Waals surface area contributed by atoms with E-state index >= 15 is 0 Å². The van der Waals surface area contributed by atoms with Crippen LogP contribution in [-0.2, 0) is 0 Å². The van der Waals surface area contributed by atoms with Crippen molar-refractivity contribution in [3.63, 3.8) is 0 Å². The maximum absolute atomic E-state index is 12.1. The van der Waals surface area contributed by atoms with Crippen LogP contribution in [0.25, 0.3) is 0 Å². The minimum Gasteiger partial charge on any atom is -0.363 e. The first kappa shape index (κ1) is 19.0. The molecule has 0 saturated heterocycles. The molecule has 25 heavy (non-hydrogen) atoms. The molecule has 2 rings (SSSR count). The monoisotopic (exact) mass is 380 g/mol. The van der Waals surface area contributed by atoms with E-state index in [9.17, 15) is 9.59 Å². The fourth-order valence-electron chi connectivity index (χ4n) is 2.00. The second-order valence-corrected chi connectivity index (χ2v) is 6.25. The van der Waals surface area contributed by atoms with Gasteiger partial charge in [0.05, 0.1) is 10.0 Å². The Hall–Kier alpha value is -2.31. The van der Waals surface area contributed by atoms with E-state index in [1.54, 1.807) is 30.5 Å². The zero-order valence-corrected chi connectivity index (χ0v) is 15.4. The summed E-state index contributed by atoms with van der Waals surface area (Å²) in [6.07, 6.45) is 1.58. The maximum atomic E-state index is 12.1. The molecule has 132 valence electrons. The lowest BCUT2D eigenvalue weighted by Gasteiger charge is -2.12. The molecule has 2 N–H and O–H groups in total. The van der Waals surface area contributed by atoms with E-state index in [2.05, 4.69) is 15.6 Å². The molecule has 8 heteroatoms. The van der Waals surface area contributed by atoms with Crippen molar-refractivity contribution in [3.05, 3.63) is 57.7 Å². The number of carbonyl (C=O) groups excluding carboxylic acids is 2. The van der Waals surface area contributed by atoms with Crippen molar-refractivity contribution < 1.29 is 9.59 Å². The highest BCUT2D eigenvalue weighted by atomic mass is 35.5. The number of benzene rings is 1. The Labute approximate surface area is 156 Å². The van der Waals surface area contributed by atoms with Gasteiger partial charge in [0.2, 0.25) is 0 Å². The van der Waals surface area contributed by atoms with Crippen LogP contribution in [0.2, 0.25) is 10.0 Å². The summed E-state index contributed by atoms with van der Waals surface area (Å²) in [4.78, 5) is 30.1. The fourth-order valence-corrected chi connectivity index (χ4v) is 2.30. The molecule has 6 nitrogen and oxygen atoms in total. The Morgan fingerprint density at radius 1 is 0.960 bits per heavy atom. The smallest absolute Gasteiger partial charge is 0.251 e. The summed E-state index contributed by atoms with van der Waals surface area (Å²) in [5, 5.41) is 6.16. The summed E-state index contributed by atoms with van der Waals surface area (Å²) in [6, 6.07) is 7.98. The van der Waals surface area contributed by atoms with E-state index in [0.717, 1.165) is 0 Å². The molecule has 1 aromatic carbocycles. The largest absolute Gasteiger partial charge is 0.363 e. The molecule has 0 aliphatic heterocycles. The molecule has 0 saturated carbocycles. The van der Waals surface area contributed by atoms with Crippen molar-refractivity contribution in [2.45, 2.75) is 0 Å². The molecule has 0 aliphatic rings. The second kappa shape index (κ2) is 8.69. The number of carbonyl (C=O) groups is 2. The second-order valence-electron chi connectivity index (χ2n) is 5.44. The first-order valence-electron chi connectivity index (χ1n) is 7.53. The fraction of sp³-hybridized carbons (Fsp3) is 0.235. The van der Waals surface area contributed by atoms with Crippen LogP contribution < -0.4 is 15.5 Å². The van der Waals surface area contributed by atoms with Crippen molar-refractivity contribution in [1.82, 2.24) is 15.6 Å². The Balaban J connectivity index is 1.82. The lowest BCUT2D eigenvalue weighted by atomic mass is 10.2. The molecular weight excluding hydrogens is 363 g/mol. The first-order valence-corrected chi connectivity index (χ1v) is 8.29. The number of hydrogen-bond donors (Lipinski definition) is 2. The van der Waals surface area contributed by atoms with Crippen molar-refractivity contribution in [2.24, 2.45) is 0 Å². The van der Waals surface area contributed by atoms with E-state index in [0.29, 0.717) is 33.5 Å². The summed E-state index contributed by atoms with van der Waals surface area (Å²) in [5.74, 6) is 0.182. The van der Waals surface area contributed by atoms with Crippen LogP contribution in [0.4, 0.5) is 5.82 Å². The third-order valence-electron chi connectivity index (χ3n) is 3.34. The Morgan fingerprint density at radius 3 is 2.12 bits per heavy atom. The van der Waals surface area contributed by atoms with Crippen LogP contribution in [-0.4, -0.2) is 44.0 Å². The minimum absolute atomic E-state index is 0.228. The number of pyridine rings is 1. The molecule has 0 bridgehead atoms. The van der Waals surface area contributed by atoms with Crippen molar-refractivity contribution in [2.75, 3.05) is 32.1 Å². The van der Waals surface area contributed by atoms with Gasteiger partial charge in [-0.25, -0.2) is 4.98 Å². The van der Waals surface area contributed by atoms with E-state index in [1.165, 1.54) is 6.07 Å². The van der Waals surface area contributed by atoms with Gasteiger partial charge < -0.3 is 15.5 Å². The number of hydrogen-bond acceptors (Lipinski definition) is 4. The Bertz CT molecular complexity index is 781. The highest BCUT2D eigenvalue weighted by Crippen LogP contribution is 2.22. The highest BCUT2D eigenvalue weighted by molar-refractivity contribution is 6.42. The van der Waals surface area contributed by atoms with Gasteiger partial charge in [-0.1, -0.05) is 23.2 Å². The lowest BCUT2D eigenvalue weighted by molar-refractivity contribution is 0.0927. The zero-order chi connectivity index (χ0) is 18.4.